The lowest BCUT2D eigenvalue weighted by molar-refractivity contribution is 0.310. The highest BCUT2D eigenvalue weighted by Crippen LogP contribution is 2.40. The van der Waals surface area contributed by atoms with Gasteiger partial charge in [0.1, 0.15) is 12.4 Å². The van der Waals surface area contributed by atoms with Crippen LogP contribution < -0.4 is 14.5 Å². The van der Waals surface area contributed by atoms with E-state index in [2.05, 4.69) is 84.4 Å². The van der Waals surface area contributed by atoms with Gasteiger partial charge in [-0.2, -0.15) is 0 Å². The van der Waals surface area contributed by atoms with Gasteiger partial charge in [0.2, 0.25) is 0 Å². The van der Waals surface area contributed by atoms with Gasteiger partial charge in [-0.1, -0.05) is 41.9 Å². The summed E-state index contributed by atoms with van der Waals surface area (Å²) in [6.45, 7) is 3.37. The van der Waals surface area contributed by atoms with Crippen LogP contribution in [0.4, 0.5) is 17.1 Å². The van der Waals surface area contributed by atoms with Gasteiger partial charge in [-0.3, -0.25) is 0 Å². The first-order chi connectivity index (χ1) is 15.0. The van der Waals surface area contributed by atoms with Crippen LogP contribution in [0.5, 0.6) is 5.75 Å². The summed E-state index contributed by atoms with van der Waals surface area (Å²) in [7, 11) is 6.33. The molecule has 0 aromatic heterocycles. The highest BCUT2D eigenvalue weighted by Gasteiger charge is 2.22. The Bertz CT molecular complexity index is 1020. The van der Waals surface area contributed by atoms with Gasteiger partial charge in [0, 0.05) is 55.7 Å². The third kappa shape index (κ3) is 5.15. The molecule has 1 aliphatic heterocycles. The van der Waals surface area contributed by atoms with Gasteiger partial charge in [-0.25, -0.2) is 0 Å². The van der Waals surface area contributed by atoms with Gasteiger partial charge >= 0.3 is 0 Å². The van der Waals surface area contributed by atoms with E-state index in [1.165, 1.54) is 11.3 Å². The second kappa shape index (κ2) is 9.63. The van der Waals surface area contributed by atoms with E-state index in [0.29, 0.717) is 6.61 Å². The number of hydrogen-bond donors (Lipinski definition) is 0. The molecule has 4 nitrogen and oxygen atoms in total. The zero-order valence-electron chi connectivity index (χ0n) is 18.5. The number of benzene rings is 3. The highest BCUT2D eigenvalue weighted by molar-refractivity contribution is 6.30. The Morgan fingerprint density at radius 3 is 2.45 bits per heavy atom. The van der Waals surface area contributed by atoms with Crippen molar-refractivity contribution in [2.75, 3.05) is 50.6 Å². The van der Waals surface area contributed by atoms with E-state index in [-0.39, 0.29) is 0 Å². The first-order valence-electron chi connectivity index (χ1n) is 10.7. The van der Waals surface area contributed by atoms with E-state index in [9.17, 15) is 0 Å². The Labute approximate surface area is 190 Å². The Morgan fingerprint density at radius 1 is 0.903 bits per heavy atom. The standard InChI is InChI=1S/C26H30ClN3O/c1-28(2)23-12-8-20(9-13-23)14-15-29(3)16-17-30-24-6-4-5-7-26(24)31-19-21-10-11-22(27)18-25(21)30/h4-13,18H,14-17,19H2,1-3H3. The maximum atomic E-state index is 6.35. The number of hydrogen-bond acceptors (Lipinski definition) is 4. The predicted molar refractivity (Wildman–Crippen MR) is 131 cm³/mol. The quantitative estimate of drug-likeness (QED) is 0.480. The molecule has 162 valence electrons. The Morgan fingerprint density at radius 2 is 1.68 bits per heavy atom. The van der Waals surface area contributed by atoms with Crippen molar-refractivity contribution >= 4 is 28.7 Å². The predicted octanol–water partition coefficient (Wildman–Crippen LogP) is 5.61. The zero-order valence-corrected chi connectivity index (χ0v) is 19.3. The minimum absolute atomic E-state index is 0.554. The number of para-hydroxylation sites is 2. The normalized spacial score (nSPS) is 12.7. The van der Waals surface area contributed by atoms with Crippen LogP contribution in [-0.2, 0) is 13.0 Å². The lowest BCUT2D eigenvalue weighted by Crippen LogP contribution is -2.32. The van der Waals surface area contributed by atoms with Crippen LogP contribution >= 0.6 is 11.6 Å². The molecule has 1 heterocycles. The first kappa shape index (κ1) is 21.5. The summed E-state index contributed by atoms with van der Waals surface area (Å²) in [6, 6.07) is 23.1. The van der Waals surface area contributed by atoms with Crippen LogP contribution in [0, 0.1) is 0 Å². The Kier molecular flexibility index (Phi) is 6.69. The van der Waals surface area contributed by atoms with E-state index in [1.54, 1.807) is 0 Å². The molecule has 0 unspecified atom stereocenters. The summed E-state index contributed by atoms with van der Waals surface area (Å²) in [6.07, 6.45) is 1.03. The van der Waals surface area contributed by atoms with Gasteiger partial charge in [0.25, 0.3) is 0 Å². The maximum Gasteiger partial charge on any atom is 0.143 e. The molecular formula is C26H30ClN3O. The molecule has 0 amide bonds. The summed E-state index contributed by atoms with van der Waals surface area (Å²) >= 11 is 6.35. The molecule has 0 spiro atoms. The monoisotopic (exact) mass is 435 g/mol. The molecule has 3 aromatic carbocycles. The first-order valence-corrected chi connectivity index (χ1v) is 11.1. The van der Waals surface area contributed by atoms with Crippen molar-refractivity contribution in [1.82, 2.24) is 4.90 Å². The number of halogens is 1. The Hall–Kier alpha value is -2.69. The fourth-order valence-corrected chi connectivity index (χ4v) is 4.07. The molecule has 0 N–H and O–H groups in total. The molecule has 0 saturated carbocycles. The van der Waals surface area contributed by atoms with Crippen molar-refractivity contribution in [3.63, 3.8) is 0 Å². The van der Waals surface area contributed by atoms with Gasteiger partial charge in [-0.15, -0.1) is 0 Å². The molecular weight excluding hydrogens is 406 g/mol. The maximum absolute atomic E-state index is 6.35. The lowest BCUT2D eigenvalue weighted by Gasteiger charge is -2.28. The minimum atomic E-state index is 0.554. The van der Waals surface area contributed by atoms with Gasteiger partial charge in [0.15, 0.2) is 0 Å². The Balaban J connectivity index is 1.44. The molecule has 5 heteroatoms. The second-order valence-electron chi connectivity index (χ2n) is 8.30. The molecule has 31 heavy (non-hydrogen) atoms. The molecule has 0 radical (unpaired) electrons. The summed E-state index contributed by atoms with van der Waals surface area (Å²) in [5.74, 6) is 0.915. The average molecular weight is 436 g/mol. The van der Waals surface area contributed by atoms with E-state index >= 15 is 0 Å². The molecule has 3 aromatic rings. The van der Waals surface area contributed by atoms with Crippen molar-refractivity contribution in [1.29, 1.82) is 0 Å². The number of likely N-dealkylation sites (N-methyl/N-ethyl adjacent to an activating group) is 1. The summed E-state index contributed by atoms with van der Waals surface area (Å²) in [5.41, 5.74) is 5.98. The number of nitrogens with zero attached hydrogens (tertiary/aromatic N) is 3. The summed E-state index contributed by atoms with van der Waals surface area (Å²) < 4.78 is 6.08. The average Bonchev–Trinajstić information content (AvgIpc) is 2.93. The van der Waals surface area contributed by atoms with Crippen LogP contribution in [0.3, 0.4) is 0 Å². The topological polar surface area (TPSA) is 19.0 Å². The zero-order chi connectivity index (χ0) is 21.8. The largest absolute Gasteiger partial charge is 0.487 e. The third-order valence-electron chi connectivity index (χ3n) is 5.82. The lowest BCUT2D eigenvalue weighted by atomic mass is 10.1. The number of ether oxygens (including phenoxy) is 1. The summed E-state index contributed by atoms with van der Waals surface area (Å²) in [4.78, 5) is 6.85. The molecule has 0 bridgehead atoms. The van der Waals surface area contributed by atoms with E-state index in [4.69, 9.17) is 16.3 Å². The number of fused-ring (bicyclic) bond motifs is 2. The minimum Gasteiger partial charge on any atom is -0.487 e. The third-order valence-corrected chi connectivity index (χ3v) is 6.05. The van der Waals surface area contributed by atoms with E-state index in [1.807, 2.05) is 18.2 Å². The van der Waals surface area contributed by atoms with Crippen molar-refractivity contribution in [2.45, 2.75) is 13.0 Å². The molecule has 0 aliphatic carbocycles. The van der Waals surface area contributed by atoms with Gasteiger partial charge in [0.05, 0.1) is 5.69 Å². The van der Waals surface area contributed by atoms with Crippen LogP contribution in [0.15, 0.2) is 66.7 Å². The number of anilines is 3. The van der Waals surface area contributed by atoms with E-state index in [0.717, 1.165) is 53.8 Å². The summed E-state index contributed by atoms with van der Waals surface area (Å²) in [5, 5.41) is 0.748. The second-order valence-corrected chi connectivity index (χ2v) is 8.73. The van der Waals surface area contributed by atoms with Crippen molar-refractivity contribution in [3.05, 3.63) is 82.9 Å². The molecule has 4 rings (SSSR count). The fourth-order valence-electron chi connectivity index (χ4n) is 3.90. The highest BCUT2D eigenvalue weighted by atomic mass is 35.5. The van der Waals surface area contributed by atoms with E-state index < -0.39 is 0 Å². The SMILES string of the molecule is CN(CCc1ccc(N(C)C)cc1)CCN1c2cc(Cl)ccc2COc2ccccc21. The molecule has 0 fully saturated rings. The van der Waals surface area contributed by atoms with Crippen molar-refractivity contribution < 1.29 is 4.74 Å². The van der Waals surface area contributed by atoms with Gasteiger partial charge < -0.3 is 19.4 Å². The van der Waals surface area contributed by atoms with Gasteiger partial charge in [-0.05, 0) is 55.4 Å². The smallest absolute Gasteiger partial charge is 0.143 e. The molecule has 1 aliphatic rings. The number of rotatable bonds is 7. The molecule has 0 atom stereocenters. The van der Waals surface area contributed by atoms with Crippen molar-refractivity contribution in [3.8, 4) is 5.75 Å². The van der Waals surface area contributed by atoms with Crippen molar-refractivity contribution in [2.24, 2.45) is 0 Å². The molecule has 0 saturated heterocycles. The van der Waals surface area contributed by atoms with Crippen LogP contribution in [0.25, 0.3) is 0 Å². The van der Waals surface area contributed by atoms with Crippen LogP contribution in [-0.4, -0.2) is 45.7 Å². The van der Waals surface area contributed by atoms with Crippen LogP contribution in [0.1, 0.15) is 11.1 Å². The fraction of sp³-hybridized carbons (Fsp3) is 0.308. The van der Waals surface area contributed by atoms with Crippen LogP contribution in [0.2, 0.25) is 5.02 Å².